The standard InChI is InChI=1S/C52H68N2O4/c1-31-29-57-47-37-17-33-21-41(49(3,4)5)23-35(45(33)55)19-39-27-44(52(12,13)14)28-40(48(39)58-30-32(2)54-16-15-53-31)20-36-24-42(50(6,7)8)22-34(46(36)56)18-38(47)26-43(25-37)51(9,10)11/h21-28,55-56H,15-20,29-30H2,1-14H3. The van der Waals surface area contributed by atoms with E-state index in [1.54, 1.807) is 0 Å². The second-order valence-electron chi connectivity index (χ2n) is 21.1. The largest absolute Gasteiger partial charge is 0.507 e. The van der Waals surface area contributed by atoms with Crippen molar-refractivity contribution in [1.82, 2.24) is 0 Å². The molecule has 0 radical (unpaired) electrons. The van der Waals surface area contributed by atoms with Crippen LogP contribution in [0.1, 0.15) is 164 Å². The highest BCUT2D eigenvalue weighted by Crippen LogP contribution is 2.43. The van der Waals surface area contributed by atoms with Crippen LogP contribution in [0.4, 0.5) is 0 Å². The Hall–Kier alpha value is -4.58. The number of phenols is 2. The van der Waals surface area contributed by atoms with Gasteiger partial charge in [0.15, 0.2) is 0 Å². The molecule has 2 N–H and O–H groups in total. The molecule has 0 fully saturated rings. The van der Waals surface area contributed by atoms with Crippen LogP contribution in [0.5, 0.6) is 23.0 Å². The maximum absolute atomic E-state index is 12.5. The number of nitrogens with zero attached hydrogens (tertiary/aromatic N) is 2. The van der Waals surface area contributed by atoms with Gasteiger partial charge in [0.1, 0.15) is 36.2 Å². The lowest BCUT2D eigenvalue weighted by atomic mass is 9.79. The Morgan fingerprint density at radius 1 is 0.397 bits per heavy atom. The number of aromatic hydroxyl groups is 2. The van der Waals surface area contributed by atoms with Crippen molar-refractivity contribution in [3.63, 3.8) is 0 Å². The van der Waals surface area contributed by atoms with Crippen molar-refractivity contribution in [2.75, 3.05) is 26.3 Å². The number of phenolic OH excluding ortho intramolecular Hbond substituents is 2. The number of aliphatic imine (C=N–C) groups is 2. The zero-order valence-corrected chi connectivity index (χ0v) is 37.9. The highest BCUT2D eigenvalue weighted by Gasteiger charge is 2.28. The van der Waals surface area contributed by atoms with Crippen LogP contribution in [-0.2, 0) is 47.3 Å². The highest BCUT2D eigenvalue weighted by atomic mass is 16.5. The van der Waals surface area contributed by atoms with Crippen LogP contribution in [0.25, 0.3) is 0 Å². The molecule has 7 rings (SSSR count). The third-order valence-electron chi connectivity index (χ3n) is 11.7. The molecule has 0 aromatic heterocycles. The number of ether oxygens (including phenoxy) is 2. The number of benzene rings is 4. The second kappa shape index (κ2) is 15.9. The van der Waals surface area contributed by atoms with E-state index in [4.69, 9.17) is 19.5 Å². The van der Waals surface area contributed by atoms with Crippen LogP contribution < -0.4 is 9.47 Å². The Morgan fingerprint density at radius 2 is 0.621 bits per heavy atom. The minimum absolute atomic E-state index is 0.171. The predicted molar refractivity (Wildman–Crippen MR) is 242 cm³/mol. The number of fused-ring (bicyclic) bond motifs is 7. The van der Waals surface area contributed by atoms with E-state index in [1.807, 2.05) is 13.8 Å². The maximum atomic E-state index is 12.5. The van der Waals surface area contributed by atoms with Crippen molar-refractivity contribution in [1.29, 1.82) is 0 Å². The van der Waals surface area contributed by atoms with E-state index in [2.05, 4.69) is 132 Å². The smallest absolute Gasteiger partial charge is 0.126 e. The second-order valence-corrected chi connectivity index (χ2v) is 21.1. The zero-order valence-electron chi connectivity index (χ0n) is 37.9. The molecule has 1 aliphatic carbocycles. The van der Waals surface area contributed by atoms with Crippen molar-refractivity contribution in [2.45, 2.75) is 144 Å². The van der Waals surface area contributed by atoms with Crippen LogP contribution in [0.15, 0.2) is 58.5 Å². The van der Waals surface area contributed by atoms with Gasteiger partial charge >= 0.3 is 0 Å². The number of hydrogen-bond donors (Lipinski definition) is 2. The Morgan fingerprint density at radius 3 is 0.845 bits per heavy atom. The maximum Gasteiger partial charge on any atom is 0.126 e. The fourth-order valence-corrected chi connectivity index (χ4v) is 7.94. The SMILES string of the molecule is CC1=NCCN=C(C)COc2c3cc(C(C)(C)C)cc2Cc2cc(C(C)(C)C)cc(c2O)Cc2cc(C(C)(C)C)cc(c2OC1)Cc1cc(C(C)(C)C)cc(c1O)C3. The molecule has 3 aliphatic rings. The van der Waals surface area contributed by atoms with Crippen molar-refractivity contribution in [2.24, 2.45) is 9.98 Å². The van der Waals surface area contributed by atoms with Gasteiger partial charge in [-0.2, -0.15) is 0 Å². The van der Waals surface area contributed by atoms with Crippen molar-refractivity contribution in [3.8, 4) is 23.0 Å². The molecule has 2 heterocycles. The van der Waals surface area contributed by atoms with E-state index < -0.39 is 0 Å². The van der Waals surface area contributed by atoms with Gasteiger partial charge in [-0.15, -0.1) is 0 Å². The van der Waals surface area contributed by atoms with Gasteiger partial charge < -0.3 is 19.7 Å². The summed E-state index contributed by atoms with van der Waals surface area (Å²) < 4.78 is 13.8. The molecule has 4 aromatic carbocycles. The molecule has 310 valence electrons. The molecule has 0 saturated carbocycles. The van der Waals surface area contributed by atoms with Gasteiger partial charge in [-0.25, -0.2) is 0 Å². The quantitative estimate of drug-likeness (QED) is 0.153. The number of hydrogen-bond acceptors (Lipinski definition) is 6. The summed E-state index contributed by atoms with van der Waals surface area (Å²) >= 11 is 0. The van der Waals surface area contributed by atoms with E-state index in [9.17, 15) is 10.2 Å². The van der Waals surface area contributed by atoms with Crippen molar-refractivity contribution in [3.05, 3.63) is 115 Å². The third-order valence-corrected chi connectivity index (χ3v) is 11.7. The molecule has 6 heteroatoms. The van der Waals surface area contributed by atoms with Crippen LogP contribution in [0, 0.1) is 0 Å². The fourth-order valence-electron chi connectivity index (χ4n) is 7.94. The average Bonchev–Trinajstić information content (AvgIpc) is 3.09. The Bertz CT molecular complexity index is 2010. The van der Waals surface area contributed by atoms with Gasteiger partial charge in [-0.1, -0.05) is 132 Å². The van der Waals surface area contributed by atoms with Crippen LogP contribution in [0.3, 0.4) is 0 Å². The Balaban J connectivity index is 1.79. The monoisotopic (exact) mass is 785 g/mol. The van der Waals surface area contributed by atoms with Gasteiger partial charge in [0.05, 0.1) is 13.1 Å². The number of rotatable bonds is 0. The van der Waals surface area contributed by atoms with Crippen molar-refractivity contribution < 1.29 is 19.7 Å². The molecular weight excluding hydrogens is 717 g/mol. The first kappa shape index (κ1) is 43.0. The van der Waals surface area contributed by atoms with E-state index in [-0.39, 0.29) is 21.7 Å². The molecular formula is C52H68N2O4. The highest BCUT2D eigenvalue weighted by molar-refractivity contribution is 5.84. The lowest BCUT2D eigenvalue weighted by molar-refractivity contribution is 0.367. The molecule has 10 bridgehead atoms. The van der Waals surface area contributed by atoms with Gasteiger partial charge in [0.25, 0.3) is 0 Å². The Labute approximate surface area is 348 Å². The summed E-state index contributed by atoms with van der Waals surface area (Å²) in [5, 5.41) is 24.9. The lowest BCUT2D eigenvalue weighted by Crippen LogP contribution is -2.17. The molecule has 0 saturated heterocycles. The molecule has 0 atom stereocenters. The average molecular weight is 785 g/mol. The molecule has 0 spiro atoms. The van der Waals surface area contributed by atoms with Crippen LogP contribution >= 0.6 is 0 Å². The molecule has 0 amide bonds. The summed E-state index contributed by atoms with van der Waals surface area (Å²) in [5.41, 5.74) is 13.2. The topological polar surface area (TPSA) is 83.6 Å². The van der Waals surface area contributed by atoms with Gasteiger partial charge in [-0.05, 0) is 102 Å². The molecule has 58 heavy (non-hydrogen) atoms. The first-order chi connectivity index (χ1) is 26.9. The van der Waals surface area contributed by atoms with Crippen molar-refractivity contribution >= 4 is 11.4 Å². The van der Waals surface area contributed by atoms with E-state index in [0.717, 1.165) is 78.6 Å². The van der Waals surface area contributed by atoms with Crippen LogP contribution in [0.2, 0.25) is 0 Å². The van der Waals surface area contributed by atoms with E-state index in [1.165, 1.54) is 11.1 Å². The summed E-state index contributed by atoms with van der Waals surface area (Å²) in [4.78, 5) is 9.72. The summed E-state index contributed by atoms with van der Waals surface area (Å²) in [7, 11) is 0. The fraction of sp³-hybridized carbons (Fsp3) is 0.500. The first-order valence-corrected chi connectivity index (χ1v) is 21.2. The zero-order chi connectivity index (χ0) is 42.5. The van der Waals surface area contributed by atoms with Gasteiger partial charge in [0.2, 0.25) is 0 Å². The van der Waals surface area contributed by atoms with Crippen LogP contribution in [-0.4, -0.2) is 47.9 Å². The normalized spacial score (nSPS) is 15.8. The minimum Gasteiger partial charge on any atom is -0.507 e. The minimum atomic E-state index is -0.172. The molecule has 0 unspecified atom stereocenters. The molecule has 6 nitrogen and oxygen atoms in total. The summed E-state index contributed by atoms with van der Waals surface area (Å²) in [6, 6.07) is 17.8. The summed E-state index contributed by atoms with van der Waals surface area (Å²) in [5.74, 6) is 2.16. The van der Waals surface area contributed by atoms with Gasteiger partial charge in [0, 0.05) is 37.1 Å². The predicted octanol–water partition coefficient (Wildman–Crippen LogP) is 11.7. The summed E-state index contributed by atoms with van der Waals surface area (Å²) in [6.45, 7) is 32.6. The lowest BCUT2D eigenvalue weighted by Gasteiger charge is -2.28. The third kappa shape index (κ3) is 9.64. The molecule has 2 aliphatic heterocycles. The first-order valence-electron chi connectivity index (χ1n) is 21.2. The van der Waals surface area contributed by atoms with E-state index in [0.29, 0.717) is 63.5 Å². The van der Waals surface area contributed by atoms with E-state index >= 15 is 0 Å². The Kier molecular flexibility index (Phi) is 11.8. The molecule has 4 aromatic rings. The van der Waals surface area contributed by atoms with Gasteiger partial charge in [-0.3, -0.25) is 9.98 Å². The summed E-state index contributed by atoms with van der Waals surface area (Å²) in [6.07, 6.45) is 1.87.